The van der Waals surface area contributed by atoms with Gasteiger partial charge >= 0.3 is 0 Å². The maximum atomic E-state index is 15.2. The second kappa shape index (κ2) is 9.56. The highest BCUT2D eigenvalue weighted by Gasteiger charge is 2.54. The van der Waals surface area contributed by atoms with Crippen molar-refractivity contribution in [1.82, 2.24) is 15.1 Å². The van der Waals surface area contributed by atoms with Gasteiger partial charge in [0.05, 0.1) is 18.2 Å². The predicted octanol–water partition coefficient (Wildman–Crippen LogP) is 5.32. The molecular weight excluding hydrogens is 389 g/mol. The molecular formula is C26H48FN3O. The molecule has 6 unspecified atom stereocenters. The number of nitrogens with one attached hydrogen (secondary N) is 1. The van der Waals surface area contributed by atoms with E-state index in [4.69, 9.17) is 4.74 Å². The summed E-state index contributed by atoms with van der Waals surface area (Å²) in [6, 6.07) is 1.47. The summed E-state index contributed by atoms with van der Waals surface area (Å²) in [6.45, 7) is 11.6. The molecule has 4 fully saturated rings. The first-order valence-corrected chi connectivity index (χ1v) is 13.2. The summed E-state index contributed by atoms with van der Waals surface area (Å²) in [7, 11) is 2.18. The number of fused-ring (bicyclic) bond motifs is 1. The number of halogens is 1. The lowest BCUT2D eigenvalue weighted by Crippen LogP contribution is -2.58. The van der Waals surface area contributed by atoms with E-state index in [9.17, 15) is 0 Å². The molecule has 4 nitrogen and oxygen atoms in total. The number of ether oxygens (including phenoxy) is 1. The largest absolute Gasteiger partial charge is 0.376 e. The fraction of sp³-hybridized carbons (Fsp3) is 1.00. The number of hydrogen-bond donors (Lipinski definition) is 1. The maximum absolute atomic E-state index is 15.2. The molecule has 3 aliphatic carbocycles. The molecule has 0 amide bonds. The van der Waals surface area contributed by atoms with E-state index in [0.29, 0.717) is 35.7 Å². The Balaban J connectivity index is 1.50. The zero-order chi connectivity index (χ0) is 22.3. The molecule has 0 bridgehead atoms. The van der Waals surface area contributed by atoms with Crippen LogP contribution in [0.3, 0.4) is 0 Å². The van der Waals surface area contributed by atoms with Crippen molar-refractivity contribution in [3.8, 4) is 0 Å². The van der Waals surface area contributed by atoms with E-state index in [0.717, 1.165) is 50.9 Å². The van der Waals surface area contributed by atoms with Gasteiger partial charge in [0.15, 0.2) is 0 Å². The van der Waals surface area contributed by atoms with Crippen LogP contribution in [0.4, 0.5) is 4.39 Å². The zero-order valence-electron chi connectivity index (χ0n) is 20.9. The summed E-state index contributed by atoms with van der Waals surface area (Å²) in [5.41, 5.74) is 0.375. The second-order valence-corrected chi connectivity index (χ2v) is 12.4. The van der Waals surface area contributed by atoms with Crippen LogP contribution in [-0.4, -0.2) is 65.7 Å². The Morgan fingerprint density at radius 1 is 1.03 bits per heavy atom. The van der Waals surface area contributed by atoms with Gasteiger partial charge in [-0.05, 0) is 96.4 Å². The van der Waals surface area contributed by atoms with Crippen molar-refractivity contribution in [2.24, 2.45) is 11.3 Å². The van der Waals surface area contributed by atoms with Gasteiger partial charge < -0.3 is 4.74 Å². The minimum absolute atomic E-state index is 0.0483. The van der Waals surface area contributed by atoms with E-state index in [2.05, 4.69) is 56.8 Å². The van der Waals surface area contributed by atoms with Gasteiger partial charge in [0.25, 0.3) is 0 Å². The van der Waals surface area contributed by atoms with E-state index < -0.39 is 6.17 Å². The molecule has 0 aromatic heterocycles. The standard InChI is InChI=1S/C26H48FN3O/c1-17(2)31-21-12-10-19(11-13-21)28-25-29(6)24-22(27)8-7-9-23(24)30(25)20-14-18(3)15-26(4,5)16-20/h17-25,28H,7-16H2,1-6H3. The fourth-order valence-electron chi connectivity index (χ4n) is 7.67. The molecule has 31 heavy (non-hydrogen) atoms. The van der Waals surface area contributed by atoms with Crippen LogP contribution in [0.2, 0.25) is 0 Å². The van der Waals surface area contributed by atoms with E-state index in [-0.39, 0.29) is 12.3 Å². The molecule has 0 aromatic rings. The Morgan fingerprint density at radius 2 is 1.74 bits per heavy atom. The lowest BCUT2D eigenvalue weighted by atomic mass is 9.70. The molecule has 1 N–H and O–H groups in total. The Morgan fingerprint density at radius 3 is 2.39 bits per heavy atom. The number of likely N-dealkylation sites (N-methyl/N-ethyl adjacent to an activating group) is 1. The fourth-order valence-corrected chi connectivity index (χ4v) is 7.67. The summed E-state index contributed by atoms with van der Waals surface area (Å²) in [5.74, 6) is 0.743. The summed E-state index contributed by atoms with van der Waals surface area (Å²) in [4.78, 5) is 5.13. The summed E-state index contributed by atoms with van der Waals surface area (Å²) >= 11 is 0. The first-order valence-electron chi connectivity index (χ1n) is 13.2. The van der Waals surface area contributed by atoms with Gasteiger partial charge in [-0.1, -0.05) is 20.8 Å². The Labute approximate surface area is 190 Å². The molecule has 5 heteroatoms. The number of rotatable bonds is 5. The van der Waals surface area contributed by atoms with Crippen molar-refractivity contribution in [3.05, 3.63) is 0 Å². The molecule has 4 rings (SSSR count). The van der Waals surface area contributed by atoms with Crippen molar-refractivity contribution in [3.63, 3.8) is 0 Å². The normalized spacial score (nSPS) is 44.5. The summed E-state index contributed by atoms with van der Waals surface area (Å²) < 4.78 is 21.2. The number of alkyl halides is 1. The molecule has 1 heterocycles. The number of hydrogen-bond acceptors (Lipinski definition) is 4. The quantitative estimate of drug-likeness (QED) is 0.630. The van der Waals surface area contributed by atoms with Crippen molar-refractivity contribution in [2.45, 2.75) is 148 Å². The second-order valence-electron chi connectivity index (χ2n) is 12.4. The van der Waals surface area contributed by atoms with Crippen LogP contribution >= 0.6 is 0 Å². The van der Waals surface area contributed by atoms with Crippen LogP contribution in [0.1, 0.15) is 98.8 Å². The minimum Gasteiger partial charge on any atom is -0.376 e. The molecule has 4 aliphatic rings. The Kier molecular flexibility index (Phi) is 7.37. The average Bonchev–Trinajstić information content (AvgIpc) is 2.94. The Bertz CT molecular complexity index is 591. The molecule has 1 aliphatic heterocycles. The highest BCUT2D eigenvalue weighted by Crippen LogP contribution is 2.46. The van der Waals surface area contributed by atoms with Crippen LogP contribution in [0.25, 0.3) is 0 Å². The molecule has 0 radical (unpaired) electrons. The van der Waals surface area contributed by atoms with Crippen LogP contribution in [0.15, 0.2) is 0 Å². The molecule has 6 atom stereocenters. The van der Waals surface area contributed by atoms with E-state index in [1.54, 1.807) is 0 Å². The lowest BCUT2D eigenvalue weighted by Gasteiger charge is -2.48. The van der Waals surface area contributed by atoms with Crippen molar-refractivity contribution >= 4 is 0 Å². The average molecular weight is 438 g/mol. The van der Waals surface area contributed by atoms with Gasteiger partial charge in [0.1, 0.15) is 12.5 Å². The van der Waals surface area contributed by atoms with Crippen LogP contribution in [0, 0.1) is 11.3 Å². The smallest absolute Gasteiger partial charge is 0.117 e. The third kappa shape index (κ3) is 5.31. The molecule has 1 saturated heterocycles. The zero-order valence-corrected chi connectivity index (χ0v) is 20.9. The lowest BCUT2D eigenvalue weighted by molar-refractivity contribution is -0.0293. The minimum atomic E-state index is -0.692. The van der Waals surface area contributed by atoms with Crippen LogP contribution in [-0.2, 0) is 4.74 Å². The van der Waals surface area contributed by atoms with E-state index in [1.165, 1.54) is 19.3 Å². The maximum Gasteiger partial charge on any atom is 0.117 e. The van der Waals surface area contributed by atoms with Crippen LogP contribution < -0.4 is 5.32 Å². The van der Waals surface area contributed by atoms with Gasteiger partial charge in [-0.3, -0.25) is 15.1 Å². The van der Waals surface area contributed by atoms with E-state index in [1.807, 2.05) is 0 Å². The van der Waals surface area contributed by atoms with Crippen molar-refractivity contribution in [2.75, 3.05) is 7.05 Å². The SMILES string of the molecule is CC1CC(N2C3CCCC(F)C3N(C)C2NC2CCC(OC(C)C)CC2)CC(C)(C)C1. The van der Waals surface area contributed by atoms with E-state index >= 15 is 4.39 Å². The molecule has 0 aromatic carbocycles. The molecule has 0 spiro atoms. The highest BCUT2D eigenvalue weighted by molar-refractivity contribution is 5.06. The van der Waals surface area contributed by atoms with Gasteiger partial charge in [-0.25, -0.2) is 4.39 Å². The predicted molar refractivity (Wildman–Crippen MR) is 126 cm³/mol. The molecule has 3 saturated carbocycles. The third-order valence-corrected chi connectivity index (χ3v) is 8.57. The summed E-state index contributed by atoms with van der Waals surface area (Å²) in [6.07, 6.45) is 11.5. The van der Waals surface area contributed by atoms with Crippen molar-refractivity contribution in [1.29, 1.82) is 0 Å². The first kappa shape index (κ1) is 23.9. The van der Waals surface area contributed by atoms with Gasteiger partial charge in [0.2, 0.25) is 0 Å². The van der Waals surface area contributed by atoms with Gasteiger partial charge in [-0.15, -0.1) is 0 Å². The van der Waals surface area contributed by atoms with Gasteiger partial charge in [-0.2, -0.15) is 0 Å². The summed E-state index contributed by atoms with van der Waals surface area (Å²) in [5, 5.41) is 4.04. The third-order valence-electron chi connectivity index (χ3n) is 8.57. The van der Waals surface area contributed by atoms with Crippen molar-refractivity contribution < 1.29 is 9.13 Å². The molecule has 180 valence electrons. The monoisotopic (exact) mass is 437 g/mol. The Hall–Kier alpha value is -0.230. The van der Waals surface area contributed by atoms with Crippen LogP contribution in [0.5, 0.6) is 0 Å². The first-order chi connectivity index (χ1) is 14.6. The highest BCUT2D eigenvalue weighted by atomic mass is 19.1. The van der Waals surface area contributed by atoms with Gasteiger partial charge in [0, 0.05) is 18.1 Å². The topological polar surface area (TPSA) is 27.7 Å². The number of nitrogens with zero attached hydrogens (tertiary/aromatic N) is 2.